The van der Waals surface area contributed by atoms with E-state index in [4.69, 9.17) is 11.0 Å². The second-order valence-corrected chi connectivity index (χ2v) is 6.21. The molecule has 0 unspecified atom stereocenters. The van der Waals surface area contributed by atoms with Crippen LogP contribution in [0.4, 0.5) is 5.13 Å². The summed E-state index contributed by atoms with van der Waals surface area (Å²) in [5.41, 5.74) is 7.42. The number of aryl methyl sites for hydroxylation is 2. The van der Waals surface area contributed by atoms with Gasteiger partial charge in [-0.3, -0.25) is 4.98 Å². The lowest BCUT2D eigenvalue weighted by Gasteiger charge is -2.06. The zero-order chi connectivity index (χ0) is 14.0. The number of hydrogen-bond donors (Lipinski definition) is 1. The monoisotopic (exact) mass is 285 g/mol. The molecule has 0 amide bonds. The third-order valence-electron chi connectivity index (χ3n) is 3.65. The number of anilines is 1. The molecule has 1 aliphatic rings. The third-order valence-corrected chi connectivity index (χ3v) is 4.46. The fraction of sp³-hybridized carbons (Fsp3) is 0.429. The van der Waals surface area contributed by atoms with Crippen molar-refractivity contribution in [2.75, 3.05) is 5.73 Å². The molecule has 0 spiro atoms. The molecule has 0 aliphatic heterocycles. The quantitative estimate of drug-likeness (QED) is 0.910. The van der Waals surface area contributed by atoms with E-state index >= 15 is 0 Å². The van der Waals surface area contributed by atoms with Gasteiger partial charge in [0.1, 0.15) is 5.01 Å². The van der Waals surface area contributed by atoms with Gasteiger partial charge in [0, 0.05) is 18.3 Å². The predicted molar refractivity (Wildman–Crippen MR) is 77.1 cm³/mol. The van der Waals surface area contributed by atoms with E-state index in [0.717, 1.165) is 48.4 Å². The number of nitrogens with zero attached hydrogens (tertiary/aromatic N) is 4. The van der Waals surface area contributed by atoms with Gasteiger partial charge in [0.2, 0.25) is 5.13 Å². The maximum atomic E-state index is 9.15. The highest BCUT2D eigenvalue weighted by atomic mass is 32.1. The van der Waals surface area contributed by atoms with Gasteiger partial charge in [-0.1, -0.05) is 17.4 Å². The molecule has 2 aromatic heterocycles. The van der Waals surface area contributed by atoms with Gasteiger partial charge in [0.25, 0.3) is 0 Å². The molecule has 0 aromatic carbocycles. The molecule has 0 atom stereocenters. The molecule has 0 radical (unpaired) electrons. The zero-order valence-electron chi connectivity index (χ0n) is 11.0. The summed E-state index contributed by atoms with van der Waals surface area (Å²) in [6.07, 6.45) is 6.53. The summed E-state index contributed by atoms with van der Waals surface area (Å²) in [4.78, 5) is 4.46. The first-order chi connectivity index (χ1) is 9.72. The van der Waals surface area contributed by atoms with Crippen LogP contribution < -0.4 is 5.73 Å². The molecular formula is C14H15N5S. The molecule has 20 heavy (non-hydrogen) atoms. The Hall–Kier alpha value is -2.00. The van der Waals surface area contributed by atoms with E-state index in [0.29, 0.717) is 5.13 Å². The molecule has 2 aromatic rings. The van der Waals surface area contributed by atoms with Gasteiger partial charge in [-0.15, -0.1) is 10.2 Å². The molecule has 0 saturated heterocycles. The summed E-state index contributed by atoms with van der Waals surface area (Å²) in [5, 5.41) is 18.4. The SMILES string of the molecule is N#CC1(c2ccc(CCCc3nnc(N)s3)nc2)CC1. The molecule has 3 rings (SSSR count). The van der Waals surface area contributed by atoms with E-state index in [-0.39, 0.29) is 5.41 Å². The number of nitrogens with two attached hydrogens (primary N) is 1. The van der Waals surface area contributed by atoms with Gasteiger partial charge in [0.05, 0.1) is 11.5 Å². The van der Waals surface area contributed by atoms with Crippen molar-refractivity contribution in [2.24, 2.45) is 0 Å². The number of aromatic nitrogens is 3. The highest BCUT2D eigenvalue weighted by Crippen LogP contribution is 2.47. The molecule has 6 heteroatoms. The van der Waals surface area contributed by atoms with Crippen LogP contribution in [0.15, 0.2) is 18.3 Å². The molecule has 102 valence electrons. The first-order valence-electron chi connectivity index (χ1n) is 6.66. The van der Waals surface area contributed by atoms with Crippen molar-refractivity contribution in [2.45, 2.75) is 37.5 Å². The van der Waals surface area contributed by atoms with E-state index in [9.17, 15) is 0 Å². The fourth-order valence-corrected chi connectivity index (χ4v) is 2.88. The first kappa shape index (κ1) is 13.0. The lowest BCUT2D eigenvalue weighted by molar-refractivity contribution is 0.779. The van der Waals surface area contributed by atoms with Crippen molar-refractivity contribution in [3.63, 3.8) is 0 Å². The summed E-state index contributed by atoms with van der Waals surface area (Å²) in [6, 6.07) is 6.46. The summed E-state index contributed by atoms with van der Waals surface area (Å²) in [7, 11) is 0. The third kappa shape index (κ3) is 2.63. The van der Waals surface area contributed by atoms with E-state index < -0.39 is 0 Å². The maximum absolute atomic E-state index is 9.15. The van der Waals surface area contributed by atoms with Crippen LogP contribution in [0.1, 0.15) is 35.5 Å². The van der Waals surface area contributed by atoms with Crippen LogP contribution >= 0.6 is 11.3 Å². The minimum absolute atomic E-state index is 0.240. The van der Waals surface area contributed by atoms with Crippen LogP contribution in [0.3, 0.4) is 0 Å². The van der Waals surface area contributed by atoms with Crippen LogP contribution in [0.5, 0.6) is 0 Å². The highest BCUT2D eigenvalue weighted by Gasteiger charge is 2.45. The number of pyridine rings is 1. The predicted octanol–water partition coefficient (Wildman–Crippen LogP) is 2.25. The van der Waals surface area contributed by atoms with Crippen molar-refractivity contribution in [1.29, 1.82) is 5.26 Å². The Kier molecular flexibility index (Phi) is 3.36. The first-order valence-corrected chi connectivity index (χ1v) is 7.48. The van der Waals surface area contributed by atoms with E-state index in [1.165, 1.54) is 11.3 Å². The molecule has 1 saturated carbocycles. The molecule has 0 bridgehead atoms. The van der Waals surface area contributed by atoms with Gasteiger partial charge < -0.3 is 5.73 Å². The Balaban J connectivity index is 1.55. The van der Waals surface area contributed by atoms with E-state index in [1.807, 2.05) is 18.3 Å². The van der Waals surface area contributed by atoms with Gasteiger partial charge in [-0.25, -0.2) is 0 Å². The second kappa shape index (κ2) is 5.17. The molecule has 1 fully saturated rings. The van der Waals surface area contributed by atoms with E-state index in [1.54, 1.807) is 0 Å². The smallest absolute Gasteiger partial charge is 0.203 e. The molecule has 1 aliphatic carbocycles. The summed E-state index contributed by atoms with van der Waals surface area (Å²) in [5.74, 6) is 0. The minimum Gasteiger partial charge on any atom is -0.374 e. The van der Waals surface area contributed by atoms with Gasteiger partial charge >= 0.3 is 0 Å². The number of rotatable bonds is 5. The molecule has 2 N–H and O–H groups in total. The van der Waals surface area contributed by atoms with Gasteiger partial charge in [-0.2, -0.15) is 5.26 Å². The Morgan fingerprint density at radius 3 is 2.70 bits per heavy atom. The Bertz CT molecular complexity index is 636. The largest absolute Gasteiger partial charge is 0.374 e. The van der Waals surface area contributed by atoms with Crippen LogP contribution in [-0.2, 0) is 18.3 Å². The van der Waals surface area contributed by atoms with Crippen molar-refractivity contribution in [1.82, 2.24) is 15.2 Å². The lowest BCUT2D eigenvalue weighted by atomic mass is 9.99. The van der Waals surface area contributed by atoms with Crippen LogP contribution in [0, 0.1) is 11.3 Å². The zero-order valence-corrected chi connectivity index (χ0v) is 11.9. The summed E-state index contributed by atoms with van der Waals surface area (Å²) in [6.45, 7) is 0. The highest BCUT2D eigenvalue weighted by molar-refractivity contribution is 7.15. The summed E-state index contributed by atoms with van der Waals surface area (Å²) < 4.78 is 0. The van der Waals surface area contributed by atoms with Crippen LogP contribution in [0.2, 0.25) is 0 Å². The topological polar surface area (TPSA) is 88.5 Å². The molecule has 5 nitrogen and oxygen atoms in total. The number of hydrogen-bond acceptors (Lipinski definition) is 6. The Morgan fingerprint density at radius 1 is 1.30 bits per heavy atom. The number of nitriles is 1. The normalized spacial score (nSPS) is 15.8. The fourth-order valence-electron chi connectivity index (χ4n) is 2.23. The van der Waals surface area contributed by atoms with Crippen molar-refractivity contribution in [3.05, 3.63) is 34.6 Å². The van der Waals surface area contributed by atoms with Crippen LogP contribution in [0.25, 0.3) is 0 Å². The van der Waals surface area contributed by atoms with Gasteiger partial charge in [-0.05, 0) is 37.3 Å². The second-order valence-electron chi connectivity index (χ2n) is 5.12. The maximum Gasteiger partial charge on any atom is 0.203 e. The minimum atomic E-state index is -0.240. The summed E-state index contributed by atoms with van der Waals surface area (Å²) >= 11 is 1.44. The van der Waals surface area contributed by atoms with Crippen molar-refractivity contribution < 1.29 is 0 Å². The number of nitrogen functional groups attached to an aromatic ring is 1. The van der Waals surface area contributed by atoms with Gasteiger partial charge in [0.15, 0.2) is 0 Å². The van der Waals surface area contributed by atoms with E-state index in [2.05, 4.69) is 21.3 Å². The standard InChI is InChI=1S/C14H15N5S/c15-9-14(6-7-14)10-4-5-11(17-8-10)2-1-3-12-18-19-13(16)20-12/h4-5,8H,1-3,6-7H2,(H2,16,19). The van der Waals surface area contributed by atoms with Crippen molar-refractivity contribution >= 4 is 16.5 Å². The lowest BCUT2D eigenvalue weighted by Crippen LogP contribution is -2.04. The average Bonchev–Trinajstić information content (AvgIpc) is 3.17. The van der Waals surface area contributed by atoms with Crippen molar-refractivity contribution in [3.8, 4) is 6.07 Å². The Labute approximate surface area is 121 Å². The molecular weight excluding hydrogens is 270 g/mol. The Morgan fingerprint density at radius 2 is 2.15 bits per heavy atom. The molecule has 2 heterocycles. The van der Waals surface area contributed by atoms with Crippen LogP contribution in [-0.4, -0.2) is 15.2 Å². The average molecular weight is 285 g/mol.